The van der Waals surface area contributed by atoms with Crippen LogP contribution in [0.5, 0.6) is 0 Å². The lowest BCUT2D eigenvalue weighted by molar-refractivity contribution is 0.103. The Hall–Kier alpha value is -1.51. The van der Waals surface area contributed by atoms with Crippen molar-refractivity contribution in [3.05, 3.63) is 34.9 Å². The normalized spacial score (nSPS) is 13.4. The third kappa shape index (κ3) is 14.1. The molecule has 0 spiro atoms. The van der Waals surface area contributed by atoms with E-state index in [1.54, 1.807) is 0 Å². The number of hydrogen-bond acceptors (Lipinski definition) is 2. The van der Waals surface area contributed by atoms with E-state index in [4.69, 9.17) is 4.74 Å². The molecule has 24 heavy (non-hydrogen) atoms. The molecular formula is C21H37NO2. The molecule has 0 saturated carbocycles. The number of carbonyl (C=O) groups excluding carboxylic acids is 1. The van der Waals surface area contributed by atoms with Crippen LogP contribution in [0.15, 0.2) is 34.9 Å². The molecule has 0 aliphatic rings. The summed E-state index contributed by atoms with van der Waals surface area (Å²) in [7, 11) is 0. The van der Waals surface area contributed by atoms with Crippen molar-refractivity contribution in [2.24, 2.45) is 0 Å². The van der Waals surface area contributed by atoms with Crippen LogP contribution < -0.4 is 5.32 Å². The van der Waals surface area contributed by atoms with Gasteiger partial charge in [-0.2, -0.15) is 0 Å². The number of allylic oxidation sites excluding steroid dienone is 6. The summed E-state index contributed by atoms with van der Waals surface area (Å²) in [6.45, 7) is 13.1. The van der Waals surface area contributed by atoms with Gasteiger partial charge in [0, 0.05) is 6.54 Å². The first-order valence-electron chi connectivity index (χ1n) is 9.24. The molecule has 1 unspecified atom stereocenters. The molecule has 0 bridgehead atoms. The van der Waals surface area contributed by atoms with Crippen LogP contribution in [0.1, 0.15) is 80.1 Å². The van der Waals surface area contributed by atoms with Crippen molar-refractivity contribution in [3.63, 3.8) is 0 Å². The summed E-state index contributed by atoms with van der Waals surface area (Å²) in [5, 5.41) is 2.65. The Kier molecular flexibility index (Phi) is 13.0. The Morgan fingerprint density at radius 1 is 0.958 bits per heavy atom. The van der Waals surface area contributed by atoms with Crippen molar-refractivity contribution < 1.29 is 9.53 Å². The molecule has 0 aromatic carbocycles. The maximum atomic E-state index is 11.3. The Labute approximate surface area is 149 Å². The smallest absolute Gasteiger partial charge is 0.407 e. The van der Waals surface area contributed by atoms with E-state index < -0.39 is 0 Å². The van der Waals surface area contributed by atoms with E-state index >= 15 is 0 Å². The summed E-state index contributed by atoms with van der Waals surface area (Å²) < 4.78 is 5.25. The molecule has 138 valence electrons. The molecule has 0 aliphatic carbocycles. The number of rotatable bonds is 11. The predicted octanol–water partition coefficient (Wildman–Crippen LogP) is 6.32. The summed E-state index contributed by atoms with van der Waals surface area (Å²) in [6.07, 6.45) is 12.9. The SMILES string of the molecule is CCNC(=O)OC(C)CC/C=C(\C)CC/C=C(\C)CCC=C(C)C. The van der Waals surface area contributed by atoms with E-state index in [2.05, 4.69) is 51.2 Å². The average molecular weight is 336 g/mol. The lowest BCUT2D eigenvalue weighted by Crippen LogP contribution is -2.27. The fourth-order valence-corrected chi connectivity index (χ4v) is 2.33. The Morgan fingerprint density at radius 2 is 1.50 bits per heavy atom. The third-order valence-electron chi connectivity index (χ3n) is 3.82. The van der Waals surface area contributed by atoms with E-state index in [9.17, 15) is 4.79 Å². The van der Waals surface area contributed by atoms with E-state index in [1.165, 1.54) is 16.7 Å². The summed E-state index contributed by atoms with van der Waals surface area (Å²) in [6, 6.07) is 0. The van der Waals surface area contributed by atoms with Crippen LogP contribution >= 0.6 is 0 Å². The second kappa shape index (κ2) is 13.9. The highest BCUT2D eigenvalue weighted by atomic mass is 16.6. The minimum Gasteiger partial charge on any atom is -0.447 e. The second-order valence-corrected chi connectivity index (χ2v) is 6.78. The first-order chi connectivity index (χ1) is 11.3. The Balaban J connectivity index is 3.94. The van der Waals surface area contributed by atoms with E-state index in [0.29, 0.717) is 6.54 Å². The van der Waals surface area contributed by atoms with Gasteiger partial charge in [-0.05, 0) is 80.1 Å². The molecule has 0 aromatic rings. The molecule has 0 fully saturated rings. The van der Waals surface area contributed by atoms with E-state index in [-0.39, 0.29) is 12.2 Å². The minimum absolute atomic E-state index is 0.0437. The molecule has 0 heterocycles. The van der Waals surface area contributed by atoms with Gasteiger partial charge in [0.2, 0.25) is 0 Å². The fraction of sp³-hybridized carbons (Fsp3) is 0.667. The van der Waals surface area contributed by atoms with Crippen molar-refractivity contribution in [1.82, 2.24) is 5.32 Å². The van der Waals surface area contributed by atoms with E-state index in [0.717, 1.165) is 38.5 Å². The van der Waals surface area contributed by atoms with Crippen LogP contribution in [-0.4, -0.2) is 18.7 Å². The molecule has 0 aromatic heterocycles. The molecule has 1 amide bonds. The number of amides is 1. The molecule has 0 aliphatic heterocycles. The van der Waals surface area contributed by atoms with Crippen LogP contribution in [-0.2, 0) is 4.74 Å². The molecule has 3 nitrogen and oxygen atoms in total. The summed E-state index contributed by atoms with van der Waals surface area (Å²) in [4.78, 5) is 11.3. The topological polar surface area (TPSA) is 38.3 Å². The Bertz CT molecular complexity index is 443. The highest BCUT2D eigenvalue weighted by Gasteiger charge is 2.06. The predicted molar refractivity (Wildman–Crippen MR) is 104 cm³/mol. The number of nitrogens with one attached hydrogen (secondary N) is 1. The highest BCUT2D eigenvalue weighted by molar-refractivity contribution is 5.67. The Morgan fingerprint density at radius 3 is 2.04 bits per heavy atom. The van der Waals surface area contributed by atoms with Crippen molar-refractivity contribution >= 4 is 6.09 Å². The summed E-state index contributed by atoms with van der Waals surface area (Å²) >= 11 is 0. The van der Waals surface area contributed by atoms with Gasteiger partial charge in [0.15, 0.2) is 0 Å². The van der Waals surface area contributed by atoms with Crippen molar-refractivity contribution in [2.45, 2.75) is 86.2 Å². The maximum absolute atomic E-state index is 11.3. The summed E-state index contributed by atoms with van der Waals surface area (Å²) in [5.74, 6) is 0. The van der Waals surface area contributed by atoms with Gasteiger partial charge in [-0.25, -0.2) is 4.79 Å². The first-order valence-corrected chi connectivity index (χ1v) is 9.24. The summed E-state index contributed by atoms with van der Waals surface area (Å²) in [5.41, 5.74) is 4.28. The number of carbonyl (C=O) groups is 1. The number of ether oxygens (including phenoxy) is 1. The van der Waals surface area contributed by atoms with Crippen LogP contribution in [0.25, 0.3) is 0 Å². The largest absolute Gasteiger partial charge is 0.447 e. The van der Waals surface area contributed by atoms with Gasteiger partial charge in [-0.3, -0.25) is 0 Å². The molecule has 0 rings (SSSR count). The zero-order valence-electron chi connectivity index (χ0n) is 16.6. The second-order valence-electron chi connectivity index (χ2n) is 6.78. The van der Waals surface area contributed by atoms with Gasteiger partial charge in [0.1, 0.15) is 6.10 Å². The standard InChI is InChI=1S/C21H37NO2/c1-7-22-21(23)24-20(6)16-10-15-19(5)14-9-13-18(4)12-8-11-17(2)3/h11,13,15,20H,7-10,12,14,16H2,1-6H3,(H,22,23)/b18-13+,19-15+. The number of hydrogen-bond donors (Lipinski definition) is 1. The van der Waals surface area contributed by atoms with E-state index in [1.807, 2.05) is 13.8 Å². The molecule has 3 heteroatoms. The van der Waals surface area contributed by atoms with Gasteiger partial charge in [-0.1, -0.05) is 34.9 Å². The third-order valence-corrected chi connectivity index (χ3v) is 3.82. The highest BCUT2D eigenvalue weighted by Crippen LogP contribution is 2.13. The van der Waals surface area contributed by atoms with Crippen LogP contribution in [0.3, 0.4) is 0 Å². The van der Waals surface area contributed by atoms with Crippen LogP contribution in [0.2, 0.25) is 0 Å². The molecule has 1 atom stereocenters. The van der Waals surface area contributed by atoms with Gasteiger partial charge in [0.25, 0.3) is 0 Å². The lowest BCUT2D eigenvalue weighted by Gasteiger charge is -2.12. The molecule has 1 N–H and O–H groups in total. The van der Waals surface area contributed by atoms with Gasteiger partial charge in [0.05, 0.1) is 0 Å². The van der Waals surface area contributed by atoms with Gasteiger partial charge in [-0.15, -0.1) is 0 Å². The number of alkyl carbamates (subject to hydrolysis) is 1. The average Bonchev–Trinajstić information content (AvgIpc) is 2.46. The van der Waals surface area contributed by atoms with Gasteiger partial charge >= 0.3 is 6.09 Å². The van der Waals surface area contributed by atoms with Crippen molar-refractivity contribution in [3.8, 4) is 0 Å². The quantitative estimate of drug-likeness (QED) is 0.449. The zero-order valence-corrected chi connectivity index (χ0v) is 16.6. The monoisotopic (exact) mass is 335 g/mol. The minimum atomic E-state index is -0.320. The first kappa shape index (κ1) is 22.5. The van der Waals surface area contributed by atoms with Crippen LogP contribution in [0.4, 0.5) is 4.79 Å². The molecular weight excluding hydrogens is 298 g/mol. The fourth-order valence-electron chi connectivity index (χ4n) is 2.33. The van der Waals surface area contributed by atoms with Crippen molar-refractivity contribution in [2.75, 3.05) is 6.54 Å². The lowest BCUT2D eigenvalue weighted by atomic mass is 10.1. The maximum Gasteiger partial charge on any atom is 0.407 e. The zero-order chi connectivity index (χ0) is 18.4. The van der Waals surface area contributed by atoms with Crippen LogP contribution in [0, 0.1) is 0 Å². The van der Waals surface area contributed by atoms with Crippen molar-refractivity contribution in [1.29, 1.82) is 0 Å². The van der Waals surface area contributed by atoms with Gasteiger partial charge < -0.3 is 10.1 Å². The molecule has 0 saturated heterocycles. The molecule has 0 radical (unpaired) electrons.